The first-order valence-corrected chi connectivity index (χ1v) is 5.27. The van der Waals surface area contributed by atoms with Crippen molar-refractivity contribution in [3.8, 4) is 0 Å². The molecule has 1 heteroatoms. The Kier molecular flexibility index (Phi) is 1.97. The van der Waals surface area contributed by atoms with Crippen LogP contribution in [-0.2, 0) is 0 Å². The predicted molar refractivity (Wildman–Crippen MR) is 60.4 cm³/mol. The highest BCUT2D eigenvalue weighted by Crippen LogP contribution is 2.57. The highest BCUT2D eigenvalue weighted by Gasteiger charge is 2.55. The van der Waals surface area contributed by atoms with E-state index in [1.165, 1.54) is 16.7 Å². The summed E-state index contributed by atoms with van der Waals surface area (Å²) in [7, 11) is 0. The molecule has 0 spiro atoms. The Bertz CT molecular complexity index is 365. The molecule has 2 rings (SSSR count). The molecule has 1 nitrogen and oxygen atoms in total. The third-order valence-corrected chi connectivity index (χ3v) is 3.80. The molecule has 0 aliphatic heterocycles. The Morgan fingerprint density at radius 1 is 1.14 bits per heavy atom. The lowest BCUT2D eigenvalue weighted by Crippen LogP contribution is -2.06. The summed E-state index contributed by atoms with van der Waals surface area (Å²) in [6, 6.07) is 7.05. The van der Waals surface area contributed by atoms with E-state index >= 15 is 0 Å². The average Bonchev–Trinajstić information content (AvgIpc) is 2.58. The van der Waals surface area contributed by atoms with Crippen molar-refractivity contribution in [2.24, 2.45) is 11.1 Å². The van der Waals surface area contributed by atoms with Crippen LogP contribution in [0.2, 0.25) is 0 Å². The molecule has 1 saturated carbocycles. The van der Waals surface area contributed by atoms with Gasteiger partial charge < -0.3 is 5.73 Å². The van der Waals surface area contributed by atoms with Gasteiger partial charge in [-0.2, -0.15) is 0 Å². The van der Waals surface area contributed by atoms with E-state index in [1.54, 1.807) is 0 Å². The third kappa shape index (κ3) is 1.27. The smallest absolute Gasteiger partial charge is 0.0172 e. The molecule has 14 heavy (non-hydrogen) atoms. The van der Waals surface area contributed by atoms with Gasteiger partial charge in [0.25, 0.3) is 0 Å². The van der Waals surface area contributed by atoms with Gasteiger partial charge in [-0.3, -0.25) is 0 Å². The first kappa shape index (κ1) is 9.72. The monoisotopic (exact) mass is 189 g/mol. The van der Waals surface area contributed by atoms with E-state index < -0.39 is 0 Å². The fraction of sp³-hybridized carbons (Fsp3) is 0.538. The molecule has 0 heterocycles. The van der Waals surface area contributed by atoms with Gasteiger partial charge >= 0.3 is 0 Å². The maximum Gasteiger partial charge on any atom is 0.0172 e. The van der Waals surface area contributed by atoms with E-state index in [2.05, 4.69) is 45.9 Å². The summed E-state index contributed by atoms with van der Waals surface area (Å²) in [6.07, 6.45) is 0. The summed E-state index contributed by atoms with van der Waals surface area (Å²) in [5, 5.41) is 0. The molecule has 1 fully saturated rings. The molecule has 2 atom stereocenters. The van der Waals surface area contributed by atoms with Crippen LogP contribution >= 0.6 is 0 Å². The number of hydrogen-bond acceptors (Lipinski definition) is 1. The van der Waals surface area contributed by atoms with Gasteiger partial charge in [-0.1, -0.05) is 32.0 Å². The normalized spacial score (nSPS) is 28.9. The second kappa shape index (κ2) is 2.83. The Labute approximate surface area is 86.3 Å². The molecular formula is C13H19N. The molecule has 1 aromatic carbocycles. The van der Waals surface area contributed by atoms with E-state index in [9.17, 15) is 0 Å². The van der Waals surface area contributed by atoms with E-state index in [-0.39, 0.29) is 0 Å². The van der Waals surface area contributed by atoms with Gasteiger partial charge in [0.1, 0.15) is 0 Å². The van der Waals surface area contributed by atoms with E-state index in [0.717, 1.165) is 0 Å². The lowest BCUT2D eigenvalue weighted by molar-refractivity contribution is 0.599. The van der Waals surface area contributed by atoms with Crippen LogP contribution in [0.15, 0.2) is 18.2 Å². The summed E-state index contributed by atoms with van der Waals surface area (Å²) in [5.41, 5.74) is 10.5. The maximum absolute atomic E-state index is 6.06. The van der Waals surface area contributed by atoms with Gasteiger partial charge in [0.15, 0.2) is 0 Å². The summed E-state index contributed by atoms with van der Waals surface area (Å²) >= 11 is 0. The largest absolute Gasteiger partial charge is 0.327 e. The van der Waals surface area contributed by atoms with Crippen molar-refractivity contribution >= 4 is 0 Å². The molecule has 76 valence electrons. The number of aryl methyl sites for hydroxylation is 2. The van der Waals surface area contributed by atoms with Crippen LogP contribution in [0.3, 0.4) is 0 Å². The maximum atomic E-state index is 6.06. The second-order valence-electron chi connectivity index (χ2n) is 5.17. The zero-order valence-corrected chi connectivity index (χ0v) is 9.46. The SMILES string of the molecule is Cc1ccc([C@@H]2[C@@H](N)C2(C)C)cc1C. The first-order valence-electron chi connectivity index (χ1n) is 5.27. The minimum atomic E-state index is 0.293. The summed E-state index contributed by atoms with van der Waals surface area (Å²) in [6.45, 7) is 8.81. The van der Waals surface area contributed by atoms with Crippen LogP contribution in [0.5, 0.6) is 0 Å². The van der Waals surface area contributed by atoms with E-state index in [1.807, 2.05) is 0 Å². The minimum absolute atomic E-state index is 0.293. The molecule has 1 aromatic rings. The topological polar surface area (TPSA) is 26.0 Å². The fourth-order valence-corrected chi connectivity index (χ4v) is 2.27. The van der Waals surface area contributed by atoms with Gasteiger partial charge in [-0.05, 0) is 36.0 Å². The van der Waals surface area contributed by atoms with E-state index in [0.29, 0.717) is 17.4 Å². The van der Waals surface area contributed by atoms with Crippen molar-refractivity contribution in [2.75, 3.05) is 0 Å². The van der Waals surface area contributed by atoms with Crippen LogP contribution < -0.4 is 5.73 Å². The Balaban J connectivity index is 2.32. The summed E-state index contributed by atoms with van der Waals surface area (Å²) in [4.78, 5) is 0. The highest BCUT2D eigenvalue weighted by atomic mass is 14.8. The fourth-order valence-electron chi connectivity index (χ4n) is 2.27. The molecule has 0 amide bonds. The average molecular weight is 189 g/mol. The van der Waals surface area contributed by atoms with Crippen molar-refractivity contribution in [1.82, 2.24) is 0 Å². The van der Waals surface area contributed by atoms with Gasteiger partial charge in [0.2, 0.25) is 0 Å². The highest BCUT2D eigenvalue weighted by molar-refractivity contribution is 5.39. The third-order valence-electron chi connectivity index (χ3n) is 3.80. The van der Waals surface area contributed by atoms with Crippen LogP contribution in [0, 0.1) is 19.3 Å². The van der Waals surface area contributed by atoms with Crippen LogP contribution in [-0.4, -0.2) is 6.04 Å². The van der Waals surface area contributed by atoms with Gasteiger partial charge in [0.05, 0.1) is 0 Å². The summed E-state index contributed by atoms with van der Waals surface area (Å²) < 4.78 is 0. The Morgan fingerprint density at radius 3 is 2.14 bits per heavy atom. The zero-order chi connectivity index (χ0) is 10.5. The Morgan fingerprint density at radius 2 is 1.71 bits per heavy atom. The molecule has 0 saturated heterocycles. The van der Waals surface area contributed by atoms with Crippen LogP contribution in [0.4, 0.5) is 0 Å². The molecular weight excluding hydrogens is 170 g/mol. The van der Waals surface area contributed by atoms with Crippen molar-refractivity contribution in [3.63, 3.8) is 0 Å². The van der Waals surface area contributed by atoms with Crippen molar-refractivity contribution in [1.29, 1.82) is 0 Å². The molecule has 2 N–H and O–H groups in total. The van der Waals surface area contributed by atoms with Crippen molar-refractivity contribution in [3.05, 3.63) is 34.9 Å². The number of hydrogen-bond donors (Lipinski definition) is 1. The van der Waals surface area contributed by atoms with Crippen LogP contribution in [0.1, 0.15) is 36.5 Å². The standard InChI is InChI=1S/C13H19N/c1-8-5-6-10(7-9(8)2)11-12(14)13(11,3)4/h5-7,11-12H,14H2,1-4H3/t11-,12-/m1/s1. The zero-order valence-electron chi connectivity index (χ0n) is 9.46. The Hall–Kier alpha value is -0.820. The lowest BCUT2D eigenvalue weighted by Gasteiger charge is -2.06. The number of nitrogens with two attached hydrogens (primary N) is 1. The van der Waals surface area contributed by atoms with Crippen molar-refractivity contribution < 1.29 is 0 Å². The van der Waals surface area contributed by atoms with Crippen molar-refractivity contribution in [2.45, 2.75) is 39.7 Å². The number of rotatable bonds is 1. The molecule has 0 bridgehead atoms. The summed E-state index contributed by atoms with van der Waals surface area (Å²) in [5.74, 6) is 0.557. The number of benzene rings is 1. The second-order valence-corrected chi connectivity index (χ2v) is 5.17. The molecule has 0 aromatic heterocycles. The molecule has 0 radical (unpaired) electrons. The lowest BCUT2D eigenvalue weighted by atomic mass is 9.99. The first-order chi connectivity index (χ1) is 6.44. The predicted octanol–water partition coefficient (Wildman–Crippen LogP) is 2.75. The molecule has 0 unspecified atom stereocenters. The van der Waals surface area contributed by atoms with Gasteiger partial charge in [0, 0.05) is 12.0 Å². The molecule has 1 aliphatic rings. The minimum Gasteiger partial charge on any atom is -0.327 e. The van der Waals surface area contributed by atoms with Gasteiger partial charge in [-0.15, -0.1) is 0 Å². The molecule has 1 aliphatic carbocycles. The quantitative estimate of drug-likeness (QED) is 0.722. The van der Waals surface area contributed by atoms with E-state index in [4.69, 9.17) is 5.73 Å². The van der Waals surface area contributed by atoms with Crippen LogP contribution in [0.25, 0.3) is 0 Å². The van der Waals surface area contributed by atoms with Gasteiger partial charge in [-0.25, -0.2) is 0 Å².